The van der Waals surface area contributed by atoms with Crippen molar-refractivity contribution in [1.82, 2.24) is 15.3 Å². The molecule has 0 unspecified atom stereocenters. The maximum atomic E-state index is 12.6. The molecule has 7 heteroatoms. The van der Waals surface area contributed by atoms with E-state index >= 15 is 0 Å². The van der Waals surface area contributed by atoms with Gasteiger partial charge in [0.2, 0.25) is 5.95 Å². The van der Waals surface area contributed by atoms with E-state index in [2.05, 4.69) is 25.9 Å². The Balaban J connectivity index is 1.77. The average Bonchev–Trinajstić information content (AvgIpc) is 2.69. The summed E-state index contributed by atoms with van der Waals surface area (Å²) in [7, 11) is 0. The highest BCUT2D eigenvalue weighted by Crippen LogP contribution is 2.21. The number of amides is 1. The lowest BCUT2D eigenvalue weighted by atomic mass is 10.1. The number of hydrogen-bond acceptors (Lipinski definition) is 6. The molecule has 156 valence electrons. The molecule has 3 rings (SSSR count). The molecule has 0 aliphatic heterocycles. The van der Waals surface area contributed by atoms with Gasteiger partial charge in [-0.25, -0.2) is 4.98 Å². The number of benzene rings is 2. The van der Waals surface area contributed by atoms with Gasteiger partial charge in [-0.15, -0.1) is 0 Å². The normalized spacial score (nSPS) is 10.7. The predicted octanol–water partition coefficient (Wildman–Crippen LogP) is 4.03. The highest BCUT2D eigenvalue weighted by molar-refractivity contribution is 5.99. The zero-order valence-electron chi connectivity index (χ0n) is 17.4. The summed E-state index contributed by atoms with van der Waals surface area (Å²) in [4.78, 5) is 21.4. The minimum absolute atomic E-state index is 0.00688. The Kier molecular flexibility index (Phi) is 6.85. The van der Waals surface area contributed by atoms with E-state index in [1.807, 2.05) is 57.2 Å². The number of hydrogen-bond donors (Lipinski definition) is 4. The third-order valence-electron chi connectivity index (χ3n) is 4.37. The third kappa shape index (κ3) is 5.94. The van der Waals surface area contributed by atoms with Crippen molar-refractivity contribution in [3.63, 3.8) is 0 Å². The summed E-state index contributed by atoms with van der Waals surface area (Å²) in [5, 5.41) is 18.7. The zero-order valence-corrected chi connectivity index (χ0v) is 17.4. The van der Waals surface area contributed by atoms with E-state index < -0.39 is 0 Å². The molecule has 3 aromatic rings. The van der Waals surface area contributed by atoms with Crippen LogP contribution < -0.4 is 16.0 Å². The molecule has 1 aromatic heterocycles. The molecule has 0 aliphatic rings. The van der Waals surface area contributed by atoms with Crippen LogP contribution in [0.1, 0.15) is 35.3 Å². The number of nitrogens with zero attached hydrogens (tertiary/aromatic N) is 2. The molecule has 0 saturated carbocycles. The van der Waals surface area contributed by atoms with Crippen LogP contribution in [0.5, 0.6) is 5.75 Å². The summed E-state index contributed by atoms with van der Waals surface area (Å²) in [6.07, 6.45) is 2.28. The molecule has 7 nitrogen and oxygen atoms in total. The largest absolute Gasteiger partial charge is 0.508 e. The van der Waals surface area contributed by atoms with Gasteiger partial charge in [-0.3, -0.25) is 4.79 Å². The Morgan fingerprint density at radius 3 is 2.60 bits per heavy atom. The van der Waals surface area contributed by atoms with Crippen molar-refractivity contribution in [2.75, 3.05) is 17.2 Å². The van der Waals surface area contributed by atoms with Gasteiger partial charge >= 0.3 is 0 Å². The summed E-state index contributed by atoms with van der Waals surface area (Å²) < 4.78 is 0. The van der Waals surface area contributed by atoms with Crippen LogP contribution in [0.4, 0.5) is 17.5 Å². The molecule has 0 fully saturated rings. The number of aromatic hydroxyl groups is 1. The summed E-state index contributed by atoms with van der Waals surface area (Å²) in [5.41, 5.74) is 3.43. The summed E-state index contributed by atoms with van der Waals surface area (Å²) in [6.45, 7) is 6.44. The van der Waals surface area contributed by atoms with Crippen LogP contribution in [-0.2, 0) is 6.42 Å². The maximum absolute atomic E-state index is 12.6. The lowest BCUT2D eigenvalue weighted by molar-refractivity contribution is 0.0943. The number of aromatic nitrogens is 2. The van der Waals surface area contributed by atoms with Gasteiger partial charge in [-0.05, 0) is 62.6 Å². The molecule has 0 saturated heterocycles. The van der Waals surface area contributed by atoms with Crippen molar-refractivity contribution in [1.29, 1.82) is 0 Å². The maximum Gasteiger partial charge on any atom is 0.256 e. The van der Waals surface area contributed by atoms with Crippen LogP contribution >= 0.6 is 0 Å². The Morgan fingerprint density at radius 2 is 1.90 bits per heavy atom. The lowest BCUT2D eigenvalue weighted by Crippen LogP contribution is -2.31. The monoisotopic (exact) mass is 405 g/mol. The molecule has 2 aromatic carbocycles. The molecular weight excluding hydrogens is 378 g/mol. The van der Waals surface area contributed by atoms with Crippen molar-refractivity contribution in [2.45, 2.75) is 33.2 Å². The number of carbonyl (C=O) groups is 1. The van der Waals surface area contributed by atoms with Gasteiger partial charge in [0.15, 0.2) is 0 Å². The summed E-state index contributed by atoms with van der Waals surface area (Å²) in [6, 6.07) is 15.0. The van der Waals surface area contributed by atoms with Gasteiger partial charge in [-0.2, -0.15) is 4.98 Å². The second-order valence-corrected chi connectivity index (χ2v) is 7.42. The molecule has 0 spiro atoms. The van der Waals surface area contributed by atoms with Gasteiger partial charge in [0.25, 0.3) is 5.91 Å². The molecule has 0 aliphatic carbocycles. The molecule has 0 radical (unpaired) electrons. The van der Waals surface area contributed by atoms with E-state index in [1.165, 1.54) is 6.20 Å². The van der Waals surface area contributed by atoms with Crippen molar-refractivity contribution in [3.8, 4) is 5.75 Å². The Hall–Kier alpha value is -3.61. The summed E-state index contributed by atoms with van der Waals surface area (Å²) >= 11 is 0. The fraction of sp³-hybridized carbons (Fsp3) is 0.261. The Morgan fingerprint density at radius 1 is 1.13 bits per heavy atom. The van der Waals surface area contributed by atoms with E-state index in [9.17, 15) is 9.90 Å². The second-order valence-electron chi connectivity index (χ2n) is 7.42. The smallest absolute Gasteiger partial charge is 0.256 e. The fourth-order valence-electron chi connectivity index (χ4n) is 2.91. The zero-order chi connectivity index (χ0) is 21.5. The number of phenolic OH excluding ortho intramolecular Hbond substituents is 1. The van der Waals surface area contributed by atoms with E-state index in [0.29, 0.717) is 23.9 Å². The van der Waals surface area contributed by atoms with Crippen molar-refractivity contribution >= 4 is 23.4 Å². The first-order chi connectivity index (χ1) is 14.4. The molecule has 4 N–H and O–H groups in total. The minimum Gasteiger partial charge on any atom is -0.508 e. The molecular formula is C23H27N5O2. The van der Waals surface area contributed by atoms with Crippen LogP contribution in [0.3, 0.4) is 0 Å². The topological polar surface area (TPSA) is 99.2 Å². The predicted molar refractivity (Wildman–Crippen MR) is 119 cm³/mol. The molecule has 0 bridgehead atoms. The van der Waals surface area contributed by atoms with Crippen molar-refractivity contribution in [3.05, 3.63) is 71.4 Å². The first kappa shape index (κ1) is 21.1. The van der Waals surface area contributed by atoms with Crippen molar-refractivity contribution < 1.29 is 9.90 Å². The minimum atomic E-state index is -0.226. The highest BCUT2D eigenvalue weighted by atomic mass is 16.3. The molecule has 1 amide bonds. The summed E-state index contributed by atoms with van der Waals surface area (Å²) in [5.74, 6) is 0.902. The first-order valence-electron chi connectivity index (χ1n) is 9.94. The standard InChI is InChI=1S/C23H27N5O2/c1-15(2)26-22(30)20-14-25-23(24-12-11-17-7-9-19(29)10-8-17)28-21(20)27-18-6-4-5-16(3)13-18/h4-10,13-15,29H,11-12H2,1-3H3,(H,26,30)(H2,24,25,27,28). The van der Waals surface area contributed by atoms with Gasteiger partial charge in [-0.1, -0.05) is 24.3 Å². The van der Waals surface area contributed by atoms with Gasteiger partial charge in [0.05, 0.1) is 0 Å². The number of carbonyl (C=O) groups excluding carboxylic acids is 1. The van der Waals surface area contributed by atoms with Gasteiger partial charge < -0.3 is 21.1 Å². The van der Waals surface area contributed by atoms with Crippen LogP contribution in [0.25, 0.3) is 0 Å². The van der Waals surface area contributed by atoms with Crippen LogP contribution in [0.2, 0.25) is 0 Å². The van der Waals surface area contributed by atoms with E-state index in [-0.39, 0.29) is 17.7 Å². The van der Waals surface area contributed by atoms with E-state index in [4.69, 9.17) is 0 Å². The number of nitrogens with one attached hydrogen (secondary N) is 3. The third-order valence-corrected chi connectivity index (χ3v) is 4.37. The SMILES string of the molecule is Cc1cccc(Nc2nc(NCCc3ccc(O)cc3)ncc2C(=O)NC(C)C)c1. The fourth-order valence-corrected chi connectivity index (χ4v) is 2.91. The lowest BCUT2D eigenvalue weighted by Gasteiger charge is -2.14. The Labute approximate surface area is 176 Å². The highest BCUT2D eigenvalue weighted by Gasteiger charge is 2.16. The van der Waals surface area contributed by atoms with E-state index in [0.717, 1.165) is 23.2 Å². The van der Waals surface area contributed by atoms with Gasteiger partial charge in [0.1, 0.15) is 17.1 Å². The van der Waals surface area contributed by atoms with E-state index in [1.54, 1.807) is 12.1 Å². The van der Waals surface area contributed by atoms with Crippen molar-refractivity contribution in [2.24, 2.45) is 0 Å². The number of phenols is 1. The Bertz CT molecular complexity index is 1000. The molecule has 0 atom stereocenters. The first-order valence-corrected chi connectivity index (χ1v) is 9.94. The van der Waals surface area contributed by atoms with Crippen LogP contribution in [-0.4, -0.2) is 33.6 Å². The second kappa shape index (κ2) is 9.73. The van der Waals surface area contributed by atoms with Crippen LogP contribution in [0.15, 0.2) is 54.7 Å². The number of anilines is 3. The number of rotatable bonds is 8. The average molecular weight is 406 g/mol. The number of aryl methyl sites for hydroxylation is 1. The van der Waals surface area contributed by atoms with Crippen LogP contribution in [0, 0.1) is 6.92 Å². The quantitative estimate of drug-likeness (QED) is 0.452. The molecule has 1 heterocycles. The van der Waals surface area contributed by atoms with Gasteiger partial charge in [0, 0.05) is 24.5 Å². The molecule has 30 heavy (non-hydrogen) atoms.